The van der Waals surface area contributed by atoms with Crippen molar-refractivity contribution in [1.82, 2.24) is 10.6 Å². The molecule has 1 amide bonds. The Morgan fingerprint density at radius 1 is 1.47 bits per heavy atom. The number of carbonyl (C=O) groups is 1. The Morgan fingerprint density at radius 2 is 2.24 bits per heavy atom. The highest BCUT2D eigenvalue weighted by Crippen LogP contribution is 2.12. The average molecular weight is 242 g/mol. The average Bonchev–Trinajstić information content (AvgIpc) is 2.30. The van der Waals surface area contributed by atoms with E-state index in [-0.39, 0.29) is 11.4 Å². The third-order valence-corrected chi connectivity index (χ3v) is 3.33. The van der Waals surface area contributed by atoms with Gasteiger partial charge in [-0.2, -0.15) is 0 Å². The molecule has 1 aliphatic heterocycles. The fourth-order valence-electron chi connectivity index (χ4n) is 1.87. The number of hydrogen-bond acceptors (Lipinski definition) is 3. The molecule has 1 heterocycles. The van der Waals surface area contributed by atoms with Crippen molar-refractivity contribution in [2.45, 2.75) is 45.6 Å². The van der Waals surface area contributed by atoms with E-state index in [1.807, 2.05) is 13.8 Å². The first kappa shape index (κ1) is 14.5. The molecule has 17 heavy (non-hydrogen) atoms. The second-order valence-electron chi connectivity index (χ2n) is 5.50. The van der Waals surface area contributed by atoms with Gasteiger partial charge in [-0.1, -0.05) is 6.92 Å². The zero-order chi connectivity index (χ0) is 12.7. The van der Waals surface area contributed by atoms with Crippen molar-refractivity contribution in [3.05, 3.63) is 0 Å². The lowest BCUT2D eigenvalue weighted by Gasteiger charge is -2.25. The molecule has 4 nitrogen and oxygen atoms in total. The van der Waals surface area contributed by atoms with Crippen molar-refractivity contribution >= 4 is 5.91 Å². The SMILES string of the molecule is CCC(C)(C)NC(=O)CNCC1CCCOC1. The second-order valence-corrected chi connectivity index (χ2v) is 5.50. The Labute approximate surface area is 104 Å². The number of amides is 1. The van der Waals surface area contributed by atoms with Crippen LogP contribution in [0.4, 0.5) is 0 Å². The predicted octanol–water partition coefficient (Wildman–Crippen LogP) is 1.31. The minimum absolute atomic E-state index is 0.0774. The molecule has 1 unspecified atom stereocenters. The summed E-state index contributed by atoms with van der Waals surface area (Å²) >= 11 is 0. The van der Waals surface area contributed by atoms with E-state index in [1.54, 1.807) is 0 Å². The molecule has 1 aliphatic rings. The van der Waals surface area contributed by atoms with Crippen LogP contribution < -0.4 is 10.6 Å². The van der Waals surface area contributed by atoms with Gasteiger partial charge in [-0.15, -0.1) is 0 Å². The van der Waals surface area contributed by atoms with E-state index in [2.05, 4.69) is 17.6 Å². The van der Waals surface area contributed by atoms with Gasteiger partial charge >= 0.3 is 0 Å². The van der Waals surface area contributed by atoms with E-state index in [0.29, 0.717) is 12.5 Å². The minimum atomic E-state index is -0.104. The van der Waals surface area contributed by atoms with Gasteiger partial charge in [-0.25, -0.2) is 0 Å². The van der Waals surface area contributed by atoms with Crippen LogP contribution in [0, 0.1) is 5.92 Å². The molecule has 0 saturated carbocycles. The fourth-order valence-corrected chi connectivity index (χ4v) is 1.87. The Balaban J connectivity index is 2.11. The van der Waals surface area contributed by atoms with Crippen LogP contribution >= 0.6 is 0 Å². The lowest BCUT2D eigenvalue weighted by Crippen LogP contribution is -2.47. The molecule has 0 aromatic rings. The maximum absolute atomic E-state index is 11.7. The Bertz CT molecular complexity index is 236. The lowest BCUT2D eigenvalue weighted by atomic mass is 10.0. The number of hydrogen-bond donors (Lipinski definition) is 2. The Morgan fingerprint density at radius 3 is 2.82 bits per heavy atom. The Kier molecular flexibility index (Phi) is 5.92. The summed E-state index contributed by atoms with van der Waals surface area (Å²) in [6, 6.07) is 0. The zero-order valence-electron chi connectivity index (χ0n) is 11.3. The highest BCUT2D eigenvalue weighted by atomic mass is 16.5. The van der Waals surface area contributed by atoms with Crippen LogP contribution in [0.1, 0.15) is 40.0 Å². The molecule has 0 aromatic heterocycles. The smallest absolute Gasteiger partial charge is 0.234 e. The molecule has 2 N–H and O–H groups in total. The molecular formula is C13H26N2O2. The topological polar surface area (TPSA) is 50.4 Å². The van der Waals surface area contributed by atoms with Crippen molar-refractivity contribution in [3.63, 3.8) is 0 Å². The normalized spacial score (nSPS) is 21.2. The second kappa shape index (κ2) is 6.97. The highest BCUT2D eigenvalue weighted by Gasteiger charge is 2.18. The van der Waals surface area contributed by atoms with E-state index in [1.165, 1.54) is 6.42 Å². The van der Waals surface area contributed by atoms with Crippen molar-refractivity contribution in [2.75, 3.05) is 26.3 Å². The van der Waals surface area contributed by atoms with Crippen LogP contribution in [0.2, 0.25) is 0 Å². The summed E-state index contributed by atoms with van der Waals surface area (Å²) in [4.78, 5) is 11.7. The summed E-state index contributed by atoms with van der Waals surface area (Å²) in [5.41, 5.74) is -0.104. The molecular weight excluding hydrogens is 216 g/mol. The number of nitrogens with one attached hydrogen (secondary N) is 2. The Hall–Kier alpha value is -0.610. The summed E-state index contributed by atoms with van der Waals surface area (Å²) in [7, 11) is 0. The van der Waals surface area contributed by atoms with E-state index in [4.69, 9.17) is 4.74 Å². The van der Waals surface area contributed by atoms with Gasteiger partial charge in [-0.3, -0.25) is 4.79 Å². The molecule has 0 radical (unpaired) electrons. The maximum Gasteiger partial charge on any atom is 0.234 e. The van der Waals surface area contributed by atoms with Crippen LogP contribution in [0.25, 0.3) is 0 Å². The summed E-state index contributed by atoms with van der Waals surface area (Å²) in [5.74, 6) is 0.643. The lowest BCUT2D eigenvalue weighted by molar-refractivity contribution is -0.121. The summed E-state index contributed by atoms with van der Waals surface area (Å²) < 4.78 is 5.40. The van der Waals surface area contributed by atoms with Crippen LogP contribution in [0.3, 0.4) is 0 Å². The van der Waals surface area contributed by atoms with Gasteiger partial charge in [0.2, 0.25) is 5.91 Å². The molecule has 1 saturated heterocycles. The largest absolute Gasteiger partial charge is 0.381 e. The van der Waals surface area contributed by atoms with Crippen LogP contribution in [-0.2, 0) is 9.53 Å². The molecule has 0 aliphatic carbocycles. The summed E-state index contributed by atoms with van der Waals surface area (Å²) in [5, 5.41) is 6.22. The molecule has 1 atom stereocenters. The van der Waals surface area contributed by atoms with Gasteiger partial charge in [0.1, 0.15) is 0 Å². The minimum Gasteiger partial charge on any atom is -0.381 e. The van der Waals surface area contributed by atoms with Crippen LogP contribution in [-0.4, -0.2) is 37.7 Å². The number of ether oxygens (including phenoxy) is 1. The van der Waals surface area contributed by atoms with Crippen molar-refractivity contribution < 1.29 is 9.53 Å². The molecule has 0 spiro atoms. The van der Waals surface area contributed by atoms with Crippen LogP contribution in [0.15, 0.2) is 0 Å². The monoisotopic (exact) mass is 242 g/mol. The van der Waals surface area contributed by atoms with Gasteiger partial charge in [0.15, 0.2) is 0 Å². The number of rotatable bonds is 6. The molecule has 4 heteroatoms. The molecule has 100 valence electrons. The van der Waals surface area contributed by atoms with Crippen molar-refractivity contribution in [2.24, 2.45) is 5.92 Å². The third-order valence-electron chi connectivity index (χ3n) is 3.33. The van der Waals surface area contributed by atoms with Gasteiger partial charge in [0, 0.05) is 18.7 Å². The van der Waals surface area contributed by atoms with E-state index >= 15 is 0 Å². The highest BCUT2D eigenvalue weighted by molar-refractivity contribution is 5.78. The third kappa shape index (κ3) is 6.03. The standard InChI is InChI=1S/C13H26N2O2/c1-4-13(2,3)15-12(16)9-14-8-11-6-5-7-17-10-11/h11,14H,4-10H2,1-3H3,(H,15,16). The zero-order valence-corrected chi connectivity index (χ0v) is 11.3. The molecule has 0 aromatic carbocycles. The first-order chi connectivity index (χ1) is 8.03. The number of carbonyl (C=O) groups excluding carboxylic acids is 1. The molecule has 1 rings (SSSR count). The summed E-state index contributed by atoms with van der Waals surface area (Å²) in [6.07, 6.45) is 3.28. The fraction of sp³-hybridized carbons (Fsp3) is 0.923. The predicted molar refractivity (Wildman–Crippen MR) is 68.9 cm³/mol. The van der Waals surface area contributed by atoms with Crippen molar-refractivity contribution in [3.8, 4) is 0 Å². The van der Waals surface area contributed by atoms with Gasteiger partial charge in [0.25, 0.3) is 0 Å². The first-order valence-electron chi connectivity index (χ1n) is 6.63. The van der Waals surface area contributed by atoms with Gasteiger partial charge < -0.3 is 15.4 Å². The van der Waals surface area contributed by atoms with Crippen molar-refractivity contribution in [1.29, 1.82) is 0 Å². The molecule has 1 fully saturated rings. The van der Waals surface area contributed by atoms with E-state index in [9.17, 15) is 4.79 Å². The quantitative estimate of drug-likeness (QED) is 0.738. The van der Waals surface area contributed by atoms with E-state index < -0.39 is 0 Å². The maximum atomic E-state index is 11.7. The van der Waals surface area contributed by atoms with Crippen LogP contribution in [0.5, 0.6) is 0 Å². The van der Waals surface area contributed by atoms with Gasteiger partial charge in [0.05, 0.1) is 13.2 Å². The van der Waals surface area contributed by atoms with Gasteiger partial charge in [-0.05, 0) is 39.0 Å². The first-order valence-corrected chi connectivity index (χ1v) is 6.63. The molecule has 0 bridgehead atoms. The summed E-state index contributed by atoms with van der Waals surface area (Å²) in [6.45, 7) is 9.16. The van der Waals surface area contributed by atoms with E-state index in [0.717, 1.165) is 32.6 Å².